The molecule has 0 radical (unpaired) electrons. The number of hydrogen-bond donors (Lipinski definition) is 2. The number of fused-ring (bicyclic) bond motifs is 1. The molecule has 4 N–H and O–H groups in total. The summed E-state index contributed by atoms with van der Waals surface area (Å²) in [6.07, 6.45) is 0. The van der Waals surface area contributed by atoms with Crippen LogP contribution in [0, 0.1) is 6.92 Å². The van der Waals surface area contributed by atoms with Gasteiger partial charge in [0.05, 0.1) is 11.0 Å². The number of carbonyl (C=O) groups is 1. The Balaban J connectivity index is 0.00000144. The zero-order valence-corrected chi connectivity index (χ0v) is 11.4. The summed E-state index contributed by atoms with van der Waals surface area (Å²) >= 11 is 0. The zero-order valence-electron chi connectivity index (χ0n) is 9.73. The van der Waals surface area contributed by atoms with Gasteiger partial charge in [0.2, 0.25) is 11.9 Å². The van der Waals surface area contributed by atoms with Gasteiger partial charge in [-0.25, -0.2) is 4.98 Å². The molecule has 1 amide bonds. The van der Waals surface area contributed by atoms with Crippen LogP contribution < -0.4 is 11.5 Å². The number of primary amides is 1. The first-order valence-corrected chi connectivity index (χ1v) is 5.10. The predicted octanol–water partition coefficient (Wildman–Crippen LogP) is 1.62. The first-order valence-electron chi connectivity index (χ1n) is 5.10. The Kier molecular flexibility index (Phi) is 3.77. The van der Waals surface area contributed by atoms with Crippen molar-refractivity contribution in [1.82, 2.24) is 9.55 Å². The molecule has 6 heteroatoms. The van der Waals surface area contributed by atoms with Crippen molar-refractivity contribution in [3.63, 3.8) is 0 Å². The number of rotatable bonds is 2. The number of aromatic nitrogens is 2. The number of anilines is 1. The third-order valence-corrected chi connectivity index (χ3v) is 2.66. The van der Waals surface area contributed by atoms with Crippen LogP contribution >= 0.6 is 17.0 Å². The Hall–Kier alpha value is -1.56. The van der Waals surface area contributed by atoms with Gasteiger partial charge in [-0.15, -0.1) is 17.0 Å². The molecular weight excluding hydrogens is 284 g/mol. The second kappa shape index (κ2) is 4.75. The largest absolute Gasteiger partial charge is 0.369 e. The van der Waals surface area contributed by atoms with E-state index in [2.05, 4.69) is 4.98 Å². The molecule has 2 aromatic rings. The minimum atomic E-state index is -0.449. The van der Waals surface area contributed by atoms with Gasteiger partial charge >= 0.3 is 0 Å². The number of benzene rings is 1. The number of aryl methyl sites for hydroxylation is 2. The molecule has 1 aromatic carbocycles. The third kappa shape index (κ3) is 2.12. The molecule has 0 aliphatic rings. The number of carbonyl (C=O) groups excluding carboxylic acids is 1. The van der Waals surface area contributed by atoms with Crippen LogP contribution in [-0.2, 0) is 6.54 Å². The summed E-state index contributed by atoms with van der Waals surface area (Å²) in [6.45, 7) is 4.67. The van der Waals surface area contributed by atoms with Crippen LogP contribution in [0.5, 0.6) is 0 Å². The molecule has 0 bridgehead atoms. The topological polar surface area (TPSA) is 86.9 Å². The van der Waals surface area contributed by atoms with Crippen molar-refractivity contribution >= 4 is 39.9 Å². The molecule has 0 atom stereocenters. The van der Waals surface area contributed by atoms with Crippen molar-refractivity contribution in [3.05, 3.63) is 23.3 Å². The van der Waals surface area contributed by atoms with E-state index in [1.54, 1.807) is 12.1 Å². The second-order valence-corrected chi connectivity index (χ2v) is 3.74. The Morgan fingerprint density at radius 1 is 1.47 bits per heavy atom. The number of halogens is 1. The first kappa shape index (κ1) is 13.5. The van der Waals surface area contributed by atoms with Crippen molar-refractivity contribution in [2.75, 3.05) is 5.73 Å². The molecule has 2 rings (SSSR count). The molecule has 0 fully saturated rings. The summed E-state index contributed by atoms with van der Waals surface area (Å²) in [5.74, 6) is 0.0110. The van der Waals surface area contributed by atoms with Gasteiger partial charge in [-0.1, -0.05) is 0 Å². The van der Waals surface area contributed by atoms with Crippen LogP contribution in [0.3, 0.4) is 0 Å². The van der Waals surface area contributed by atoms with E-state index in [1.165, 1.54) is 0 Å². The van der Waals surface area contributed by atoms with Crippen LogP contribution in [0.4, 0.5) is 5.95 Å². The Morgan fingerprint density at radius 2 is 2.12 bits per heavy atom. The molecule has 1 heterocycles. The summed E-state index contributed by atoms with van der Waals surface area (Å²) in [5.41, 5.74) is 14.1. The Morgan fingerprint density at radius 3 is 2.65 bits per heavy atom. The first-order chi connectivity index (χ1) is 7.54. The van der Waals surface area contributed by atoms with Gasteiger partial charge in [0.1, 0.15) is 0 Å². The average Bonchev–Trinajstić information content (AvgIpc) is 2.53. The van der Waals surface area contributed by atoms with Gasteiger partial charge in [-0.2, -0.15) is 0 Å². The normalized spacial score (nSPS) is 10.2. The van der Waals surface area contributed by atoms with Crippen LogP contribution in [-0.4, -0.2) is 15.5 Å². The summed E-state index contributed by atoms with van der Waals surface area (Å²) in [4.78, 5) is 15.3. The smallest absolute Gasteiger partial charge is 0.248 e. The number of nitrogens with two attached hydrogens (primary N) is 2. The lowest BCUT2D eigenvalue weighted by Gasteiger charge is -2.05. The molecule has 0 aliphatic heterocycles. The average molecular weight is 299 g/mol. The van der Waals surface area contributed by atoms with E-state index in [9.17, 15) is 4.79 Å². The van der Waals surface area contributed by atoms with Crippen LogP contribution in [0.1, 0.15) is 22.8 Å². The molecule has 17 heavy (non-hydrogen) atoms. The van der Waals surface area contributed by atoms with E-state index in [-0.39, 0.29) is 17.0 Å². The molecule has 0 saturated heterocycles. The van der Waals surface area contributed by atoms with Crippen LogP contribution in [0.15, 0.2) is 12.1 Å². The summed E-state index contributed by atoms with van der Waals surface area (Å²) in [5, 5.41) is 0. The van der Waals surface area contributed by atoms with Gasteiger partial charge in [-0.3, -0.25) is 4.79 Å². The van der Waals surface area contributed by atoms with E-state index >= 15 is 0 Å². The highest BCUT2D eigenvalue weighted by atomic mass is 79.9. The van der Waals surface area contributed by atoms with Gasteiger partial charge in [-0.05, 0) is 31.5 Å². The standard InChI is InChI=1S/C11H14N4O.BrH/c1-3-15-9-6(2)4-7(10(12)16)5-8(9)14-11(15)13;/h4-5H,3H2,1-2H3,(H2,12,16)(H2,13,14);1H. The number of nitrogen functional groups attached to an aromatic ring is 1. The fourth-order valence-electron chi connectivity index (χ4n) is 1.96. The molecule has 1 aromatic heterocycles. The summed E-state index contributed by atoms with van der Waals surface area (Å²) < 4.78 is 1.91. The van der Waals surface area contributed by atoms with E-state index in [0.29, 0.717) is 17.0 Å². The Bertz CT molecular complexity index is 576. The SMILES string of the molecule is Br.CCn1c(N)nc2cc(C(N)=O)cc(C)c21. The monoisotopic (exact) mass is 298 g/mol. The van der Waals surface area contributed by atoms with Gasteiger partial charge in [0.15, 0.2) is 0 Å². The number of imidazole rings is 1. The van der Waals surface area contributed by atoms with Crippen molar-refractivity contribution in [1.29, 1.82) is 0 Å². The maximum Gasteiger partial charge on any atom is 0.248 e. The summed E-state index contributed by atoms with van der Waals surface area (Å²) in [6, 6.07) is 3.44. The minimum absolute atomic E-state index is 0. The lowest BCUT2D eigenvalue weighted by atomic mass is 10.1. The number of hydrogen-bond acceptors (Lipinski definition) is 3. The van der Waals surface area contributed by atoms with Crippen molar-refractivity contribution in [3.8, 4) is 0 Å². The van der Waals surface area contributed by atoms with E-state index in [1.807, 2.05) is 18.4 Å². The van der Waals surface area contributed by atoms with E-state index in [0.717, 1.165) is 17.6 Å². The molecule has 0 unspecified atom stereocenters. The number of nitrogens with zero attached hydrogens (tertiary/aromatic N) is 2. The summed E-state index contributed by atoms with van der Waals surface area (Å²) in [7, 11) is 0. The fourth-order valence-corrected chi connectivity index (χ4v) is 1.96. The van der Waals surface area contributed by atoms with Crippen LogP contribution in [0.25, 0.3) is 11.0 Å². The highest BCUT2D eigenvalue weighted by molar-refractivity contribution is 8.93. The number of amides is 1. The van der Waals surface area contributed by atoms with Gasteiger partial charge in [0.25, 0.3) is 0 Å². The molecular formula is C11H15BrN4O. The maximum atomic E-state index is 11.1. The van der Waals surface area contributed by atoms with Crippen molar-refractivity contribution < 1.29 is 4.79 Å². The zero-order chi connectivity index (χ0) is 11.9. The quantitative estimate of drug-likeness (QED) is 0.883. The van der Waals surface area contributed by atoms with Crippen molar-refractivity contribution in [2.24, 2.45) is 5.73 Å². The molecule has 5 nitrogen and oxygen atoms in total. The lowest BCUT2D eigenvalue weighted by molar-refractivity contribution is 0.100. The predicted molar refractivity (Wildman–Crippen MR) is 73.4 cm³/mol. The molecule has 0 aliphatic carbocycles. The van der Waals surface area contributed by atoms with E-state index in [4.69, 9.17) is 11.5 Å². The second-order valence-electron chi connectivity index (χ2n) is 3.74. The third-order valence-electron chi connectivity index (χ3n) is 2.66. The highest BCUT2D eigenvalue weighted by Gasteiger charge is 2.12. The lowest BCUT2D eigenvalue weighted by Crippen LogP contribution is -2.11. The molecule has 92 valence electrons. The Labute approximate surface area is 110 Å². The molecule has 0 spiro atoms. The molecule has 0 saturated carbocycles. The van der Waals surface area contributed by atoms with Gasteiger partial charge in [0, 0.05) is 12.1 Å². The van der Waals surface area contributed by atoms with Crippen molar-refractivity contribution in [2.45, 2.75) is 20.4 Å². The fraction of sp³-hybridized carbons (Fsp3) is 0.273. The minimum Gasteiger partial charge on any atom is -0.369 e. The van der Waals surface area contributed by atoms with E-state index < -0.39 is 5.91 Å². The maximum absolute atomic E-state index is 11.1. The highest BCUT2D eigenvalue weighted by Crippen LogP contribution is 2.23. The van der Waals surface area contributed by atoms with Crippen LogP contribution in [0.2, 0.25) is 0 Å². The van der Waals surface area contributed by atoms with Gasteiger partial charge < -0.3 is 16.0 Å².